The van der Waals surface area contributed by atoms with Gasteiger partial charge in [0.2, 0.25) is 0 Å². The van der Waals surface area contributed by atoms with Gasteiger partial charge in [-0.2, -0.15) is 0 Å². The minimum atomic E-state index is -0.474. The van der Waals surface area contributed by atoms with Crippen LogP contribution >= 0.6 is 7.26 Å². The van der Waals surface area contributed by atoms with Gasteiger partial charge in [0, 0.05) is 7.26 Å². The quantitative estimate of drug-likeness (QED) is 0.451. The first kappa shape index (κ1) is 9.26. The summed E-state index contributed by atoms with van der Waals surface area (Å²) in [5.74, 6) is 0. The predicted octanol–water partition coefficient (Wildman–Crippen LogP) is 3.39. The van der Waals surface area contributed by atoms with Gasteiger partial charge in [0.1, 0.15) is 0 Å². The summed E-state index contributed by atoms with van der Waals surface area (Å²) < 4.78 is 0. The third-order valence-electron chi connectivity index (χ3n) is 3.10. The van der Waals surface area contributed by atoms with Crippen molar-refractivity contribution in [3.63, 3.8) is 0 Å². The van der Waals surface area contributed by atoms with E-state index in [1.807, 2.05) is 0 Å². The van der Waals surface area contributed by atoms with Gasteiger partial charge in [-0.15, -0.1) is 0 Å². The van der Waals surface area contributed by atoms with E-state index >= 15 is 0 Å². The third kappa shape index (κ3) is 1.85. The van der Waals surface area contributed by atoms with Gasteiger partial charge < -0.3 is 0 Å². The van der Waals surface area contributed by atoms with Crippen LogP contribution in [0.3, 0.4) is 0 Å². The van der Waals surface area contributed by atoms with Crippen LogP contribution in [-0.4, -0.2) is 24.6 Å². The molecular weight excluding hydrogens is 151 g/mol. The van der Waals surface area contributed by atoms with Crippen LogP contribution in [0.15, 0.2) is 11.6 Å². The largest absolute Gasteiger partial charge is 0.0807 e. The fourth-order valence-corrected chi connectivity index (χ4v) is 5.24. The fourth-order valence-electron chi connectivity index (χ4n) is 1.84. The van der Waals surface area contributed by atoms with Crippen molar-refractivity contribution in [1.82, 2.24) is 0 Å². The Bertz CT molecular complexity index is 154. The van der Waals surface area contributed by atoms with Gasteiger partial charge in [-0.05, 0) is 31.9 Å². The highest BCUT2D eigenvalue weighted by atomic mass is 31.2. The molecule has 0 aromatic carbocycles. The first-order valence-corrected chi connectivity index (χ1v) is 7.32. The molecule has 0 spiro atoms. The van der Waals surface area contributed by atoms with Crippen LogP contribution in [0.2, 0.25) is 0 Å². The van der Waals surface area contributed by atoms with E-state index in [0.29, 0.717) is 0 Å². The lowest BCUT2D eigenvalue weighted by molar-refractivity contribution is 1.11. The molecule has 0 fully saturated rings. The Morgan fingerprint density at radius 2 is 1.91 bits per heavy atom. The highest BCUT2D eigenvalue weighted by molar-refractivity contribution is 7.76. The molecule has 0 nitrogen and oxygen atoms in total. The van der Waals surface area contributed by atoms with Crippen molar-refractivity contribution in [3.8, 4) is 0 Å². The Labute approximate surface area is 71.4 Å². The summed E-state index contributed by atoms with van der Waals surface area (Å²) in [7, 11) is -0.474. The SMILES string of the molecule is CCC1=CC[P+](CC)(CC)C1. The van der Waals surface area contributed by atoms with Gasteiger partial charge in [0.05, 0.1) is 24.6 Å². The molecule has 0 bridgehead atoms. The Balaban J connectivity index is 2.54. The van der Waals surface area contributed by atoms with Gasteiger partial charge in [-0.3, -0.25) is 0 Å². The maximum absolute atomic E-state index is 2.51. The van der Waals surface area contributed by atoms with Gasteiger partial charge in [-0.25, -0.2) is 0 Å². The highest BCUT2D eigenvalue weighted by Crippen LogP contribution is 2.62. The summed E-state index contributed by atoms with van der Waals surface area (Å²) in [4.78, 5) is 0. The van der Waals surface area contributed by atoms with E-state index in [0.717, 1.165) is 0 Å². The standard InChI is InChI=1S/C10H20P/c1-4-10-7-8-11(5-2,6-3)9-10/h7H,4-6,8-9H2,1-3H3/q+1. The van der Waals surface area contributed by atoms with Crippen LogP contribution < -0.4 is 0 Å². The van der Waals surface area contributed by atoms with E-state index in [2.05, 4.69) is 26.8 Å². The molecule has 1 heteroatoms. The molecule has 0 unspecified atom stereocenters. The lowest BCUT2D eigenvalue weighted by Crippen LogP contribution is -2.02. The number of hydrogen-bond donors (Lipinski definition) is 0. The van der Waals surface area contributed by atoms with Crippen LogP contribution in [0.25, 0.3) is 0 Å². The molecule has 0 saturated carbocycles. The van der Waals surface area contributed by atoms with Crippen LogP contribution in [0.1, 0.15) is 27.2 Å². The molecule has 1 aliphatic heterocycles. The number of rotatable bonds is 3. The molecule has 0 aromatic rings. The van der Waals surface area contributed by atoms with Gasteiger partial charge in [-0.1, -0.05) is 6.92 Å². The average Bonchev–Trinajstić information content (AvgIpc) is 2.49. The predicted molar refractivity (Wildman–Crippen MR) is 56.1 cm³/mol. The van der Waals surface area contributed by atoms with E-state index in [-0.39, 0.29) is 0 Å². The topological polar surface area (TPSA) is 0 Å². The van der Waals surface area contributed by atoms with Gasteiger partial charge >= 0.3 is 0 Å². The maximum Gasteiger partial charge on any atom is 0.0807 e. The summed E-state index contributed by atoms with van der Waals surface area (Å²) in [6, 6.07) is 0. The van der Waals surface area contributed by atoms with Gasteiger partial charge in [0.25, 0.3) is 0 Å². The molecule has 0 amide bonds. The van der Waals surface area contributed by atoms with E-state index in [9.17, 15) is 0 Å². The van der Waals surface area contributed by atoms with E-state index in [1.54, 1.807) is 5.57 Å². The van der Waals surface area contributed by atoms with Gasteiger partial charge in [0.15, 0.2) is 0 Å². The second-order valence-electron chi connectivity index (χ2n) is 3.53. The van der Waals surface area contributed by atoms with Crippen LogP contribution in [0.5, 0.6) is 0 Å². The molecule has 0 aliphatic carbocycles. The zero-order chi connectivity index (χ0) is 8.32. The van der Waals surface area contributed by atoms with E-state index in [4.69, 9.17) is 0 Å². The second-order valence-corrected chi connectivity index (χ2v) is 8.16. The van der Waals surface area contributed by atoms with E-state index < -0.39 is 7.26 Å². The molecule has 1 aliphatic rings. The molecule has 0 saturated heterocycles. The molecule has 0 radical (unpaired) electrons. The summed E-state index contributed by atoms with van der Waals surface area (Å²) in [5, 5.41) is 0. The molecule has 11 heavy (non-hydrogen) atoms. The molecule has 1 heterocycles. The minimum Gasteiger partial charge on any atom is -0.0615 e. The fraction of sp³-hybridized carbons (Fsp3) is 0.800. The average molecular weight is 171 g/mol. The van der Waals surface area contributed by atoms with Crippen molar-refractivity contribution in [2.75, 3.05) is 24.6 Å². The first-order valence-electron chi connectivity index (χ1n) is 4.79. The zero-order valence-corrected chi connectivity index (χ0v) is 8.95. The lowest BCUT2D eigenvalue weighted by atomic mass is 10.2. The molecule has 0 atom stereocenters. The van der Waals surface area contributed by atoms with Crippen LogP contribution in [0.4, 0.5) is 0 Å². The highest BCUT2D eigenvalue weighted by Gasteiger charge is 2.36. The van der Waals surface area contributed by atoms with Crippen LogP contribution in [0, 0.1) is 0 Å². The van der Waals surface area contributed by atoms with E-state index in [1.165, 1.54) is 31.1 Å². The normalized spacial score (nSPS) is 21.9. The molecule has 0 N–H and O–H groups in total. The van der Waals surface area contributed by atoms with Crippen molar-refractivity contribution >= 4 is 7.26 Å². The summed E-state index contributed by atoms with van der Waals surface area (Å²) >= 11 is 0. The molecular formula is C10H20P+. The summed E-state index contributed by atoms with van der Waals surface area (Å²) in [6.45, 7) is 7.05. The van der Waals surface area contributed by atoms with Crippen molar-refractivity contribution in [3.05, 3.63) is 11.6 Å². The Morgan fingerprint density at radius 3 is 2.18 bits per heavy atom. The Morgan fingerprint density at radius 1 is 1.27 bits per heavy atom. The maximum atomic E-state index is 2.51. The molecule has 0 aromatic heterocycles. The van der Waals surface area contributed by atoms with Crippen molar-refractivity contribution in [2.45, 2.75) is 27.2 Å². The number of allylic oxidation sites excluding steroid dienone is 2. The van der Waals surface area contributed by atoms with Crippen molar-refractivity contribution < 1.29 is 0 Å². The minimum absolute atomic E-state index is 0.474. The molecule has 64 valence electrons. The summed E-state index contributed by atoms with van der Waals surface area (Å²) in [6.07, 6.45) is 9.66. The number of hydrogen-bond acceptors (Lipinski definition) is 0. The lowest BCUT2D eigenvalue weighted by Gasteiger charge is -2.18. The smallest absolute Gasteiger partial charge is 0.0615 e. The summed E-state index contributed by atoms with van der Waals surface area (Å²) in [5.41, 5.74) is 1.74. The van der Waals surface area contributed by atoms with Crippen molar-refractivity contribution in [1.29, 1.82) is 0 Å². The second kappa shape index (κ2) is 3.72. The molecule has 1 rings (SSSR count). The Hall–Kier alpha value is 0.170. The van der Waals surface area contributed by atoms with Crippen LogP contribution in [-0.2, 0) is 0 Å². The first-order chi connectivity index (χ1) is 5.26. The zero-order valence-electron chi connectivity index (χ0n) is 8.06. The Kier molecular flexibility index (Phi) is 3.13. The van der Waals surface area contributed by atoms with Crippen molar-refractivity contribution in [2.24, 2.45) is 0 Å². The third-order valence-corrected chi connectivity index (χ3v) is 7.82. The monoisotopic (exact) mass is 171 g/mol.